The van der Waals surface area contributed by atoms with Crippen molar-refractivity contribution in [2.45, 2.75) is 52.4 Å². The number of nitrogens with zero attached hydrogens (tertiary/aromatic N) is 3. The van der Waals surface area contributed by atoms with Crippen molar-refractivity contribution in [1.82, 2.24) is 14.7 Å². The molecule has 0 unspecified atom stereocenters. The van der Waals surface area contributed by atoms with Crippen molar-refractivity contribution in [3.8, 4) is 17.2 Å². The lowest BCUT2D eigenvalue weighted by Gasteiger charge is -2.32. The summed E-state index contributed by atoms with van der Waals surface area (Å²) in [5.74, 6) is 2.23. The number of hydrogen-bond donors (Lipinski definition) is 2. The van der Waals surface area contributed by atoms with E-state index in [-0.39, 0.29) is 17.4 Å². The molecule has 1 fully saturated rings. The summed E-state index contributed by atoms with van der Waals surface area (Å²) in [5, 5.41) is 10.7. The molecule has 1 aliphatic heterocycles. The summed E-state index contributed by atoms with van der Waals surface area (Å²) in [4.78, 5) is 28.2. The van der Waals surface area contributed by atoms with Crippen LogP contribution in [0.5, 0.6) is 11.5 Å². The average molecular weight is 610 g/mol. The third-order valence-electron chi connectivity index (χ3n) is 8.27. The number of methoxy groups -OCH3 is 2. The number of ether oxygens (including phenoxy) is 2. The third kappa shape index (κ3) is 7.66. The first-order valence-corrected chi connectivity index (χ1v) is 15.4. The maximum absolute atomic E-state index is 13.2. The summed E-state index contributed by atoms with van der Waals surface area (Å²) in [7, 11) is 3.16. The molecular formula is C36H43N5O4. The van der Waals surface area contributed by atoms with Gasteiger partial charge in [0.1, 0.15) is 17.3 Å². The highest BCUT2D eigenvalue weighted by molar-refractivity contribution is 5.99. The van der Waals surface area contributed by atoms with Gasteiger partial charge in [-0.25, -0.2) is 9.48 Å². The lowest BCUT2D eigenvalue weighted by atomic mass is 9.90. The van der Waals surface area contributed by atoms with Crippen molar-refractivity contribution in [2.24, 2.45) is 5.92 Å². The van der Waals surface area contributed by atoms with Crippen molar-refractivity contribution in [3.05, 3.63) is 95.2 Å². The molecule has 2 heterocycles. The maximum atomic E-state index is 13.2. The molecule has 0 radical (unpaired) electrons. The molecule has 0 aliphatic carbocycles. The van der Waals surface area contributed by atoms with E-state index >= 15 is 0 Å². The highest BCUT2D eigenvalue weighted by atomic mass is 16.5. The molecule has 0 spiro atoms. The van der Waals surface area contributed by atoms with Crippen LogP contribution in [0.25, 0.3) is 5.69 Å². The van der Waals surface area contributed by atoms with E-state index in [2.05, 4.69) is 43.5 Å². The molecule has 2 N–H and O–H groups in total. The average Bonchev–Trinajstić information content (AvgIpc) is 3.46. The molecule has 0 saturated carbocycles. The molecule has 1 aliphatic rings. The number of likely N-dealkylation sites (tertiary alicyclic amines) is 1. The molecule has 0 bridgehead atoms. The van der Waals surface area contributed by atoms with Gasteiger partial charge in [-0.05, 0) is 80.1 Å². The van der Waals surface area contributed by atoms with Gasteiger partial charge in [-0.3, -0.25) is 10.1 Å². The predicted octanol–water partition coefficient (Wildman–Crippen LogP) is 7.23. The Balaban J connectivity index is 1.16. The van der Waals surface area contributed by atoms with Crippen LogP contribution in [0.4, 0.5) is 16.3 Å². The minimum absolute atomic E-state index is 0.0329. The number of rotatable bonds is 8. The number of carbonyl (C=O) groups excluding carboxylic acids is 2. The van der Waals surface area contributed by atoms with E-state index in [1.54, 1.807) is 37.1 Å². The molecule has 5 rings (SSSR count). The summed E-state index contributed by atoms with van der Waals surface area (Å²) >= 11 is 0. The topological polar surface area (TPSA) is 97.7 Å². The highest BCUT2D eigenvalue weighted by Crippen LogP contribution is 2.29. The van der Waals surface area contributed by atoms with Crippen molar-refractivity contribution in [3.63, 3.8) is 0 Å². The van der Waals surface area contributed by atoms with E-state index in [1.165, 1.54) is 5.56 Å². The number of anilines is 2. The Morgan fingerprint density at radius 1 is 0.889 bits per heavy atom. The fraction of sp³-hybridized carbons (Fsp3) is 0.361. The van der Waals surface area contributed by atoms with Gasteiger partial charge in [0.15, 0.2) is 0 Å². The Morgan fingerprint density at radius 2 is 1.58 bits per heavy atom. The Labute approximate surface area is 265 Å². The van der Waals surface area contributed by atoms with Crippen molar-refractivity contribution < 1.29 is 19.1 Å². The zero-order valence-electron chi connectivity index (χ0n) is 27.0. The Bertz CT molecular complexity index is 1630. The number of nitrogens with one attached hydrogen (secondary N) is 2. The fourth-order valence-electron chi connectivity index (χ4n) is 5.55. The molecule has 3 amide bonds. The van der Waals surface area contributed by atoms with E-state index in [0.717, 1.165) is 36.2 Å². The van der Waals surface area contributed by atoms with Gasteiger partial charge >= 0.3 is 6.03 Å². The van der Waals surface area contributed by atoms with Crippen molar-refractivity contribution in [2.75, 3.05) is 37.9 Å². The fourth-order valence-corrected chi connectivity index (χ4v) is 5.55. The van der Waals surface area contributed by atoms with Crippen LogP contribution >= 0.6 is 0 Å². The number of hydrogen-bond acceptors (Lipinski definition) is 5. The van der Waals surface area contributed by atoms with E-state index < -0.39 is 0 Å². The van der Waals surface area contributed by atoms with Gasteiger partial charge in [0.25, 0.3) is 5.91 Å². The quantitative estimate of drug-likeness (QED) is 0.220. The van der Waals surface area contributed by atoms with Crippen molar-refractivity contribution >= 4 is 23.4 Å². The molecular weight excluding hydrogens is 566 g/mol. The smallest absolute Gasteiger partial charge is 0.324 e. The van der Waals surface area contributed by atoms with Crippen LogP contribution in [0, 0.1) is 12.8 Å². The lowest BCUT2D eigenvalue weighted by molar-refractivity contribution is 0.0686. The van der Waals surface area contributed by atoms with Crippen LogP contribution in [0.15, 0.2) is 72.8 Å². The van der Waals surface area contributed by atoms with Gasteiger partial charge in [-0.2, -0.15) is 5.10 Å². The van der Waals surface area contributed by atoms with Gasteiger partial charge in [0.05, 0.1) is 31.2 Å². The van der Waals surface area contributed by atoms with E-state index in [0.29, 0.717) is 47.6 Å². The minimum atomic E-state index is -0.332. The number of urea groups is 1. The monoisotopic (exact) mass is 609 g/mol. The number of benzene rings is 3. The highest BCUT2D eigenvalue weighted by Gasteiger charge is 2.26. The van der Waals surface area contributed by atoms with Gasteiger partial charge in [-0.1, -0.05) is 50.6 Å². The van der Waals surface area contributed by atoms with Gasteiger partial charge in [0.2, 0.25) is 0 Å². The Kier molecular flexibility index (Phi) is 9.46. The molecule has 0 atom stereocenters. The zero-order chi connectivity index (χ0) is 32.1. The summed E-state index contributed by atoms with van der Waals surface area (Å²) in [6.07, 6.45) is 2.76. The Morgan fingerprint density at radius 3 is 2.20 bits per heavy atom. The zero-order valence-corrected chi connectivity index (χ0v) is 27.0. The third-order valence-corrected chi connectivity index (χ3v) is 8.27. The molecule has 4 aromatic rings. The first-order chi connectivity index (χ1) is 21.5. The summed E-state index contributed by atoms with van der Waals surface area (Å²) in [5.41, 5.74) is 5.19. The number of piperidine rings is 1. The molecule has 9 heteroatoms. The van der Waals surface area contributed by atoms with Gasteiger partial charge in [-0.15, -0.1) is 0 Å². The van der Waals surface area contributed by atoms with Crippen LogP contribution in [-0.4, -0.2) is 53.9 Å². The number of aromatic nitrogens is 2. The normalized spacial score (nSPS) is 13.8. The van der Waals surface area contributed by atoms with Crippen LogP contribution in [0.2, 0.25) is 0 Å². The molecule has 236 valence electrons. The molecule has 45 heavy (non-hydrogen) atoms. The van der Waals surface area contributed by atoms with Crippen LogP contribution < -0.4 is 20.1 Å². The maximum Gasteiger partial charge on any atom is 0.324 e. The van der Waals surface area contributed by atoms with Gasteiger partial charge < -0.3 is 19.7 Å². The van der Waals surface area contributed by atoms with E-state index in [1.807, 2.05) is 54.3 Å². The first-order valence-electron chi connectivity index (χ1n) is 15.4. The molecule has 3 aromatic carbocycles. The van der Waals surface area contributed by atoms with Crippen molar-refractivity contribution in [1.29, 1.82) is 0 Å². The summed E-state index contributed by atoms with van der Waals surface area (Å²) < 4.78 is 12.5. The number of aryl methyl sites for hydroxylation is 1. The van der Waals surface area contributed by atoms with E-state index in [9.17, 15) is 9.59 Å². The second-order valence-electron chi connectivity index (χ2n) is 12.7. The standard InChI is InChI=1S/C36H43N5O4/c1-24-7-13-28(14-8-24)41-33(23-32(39-41)36(2,3)4)38-35(43)37-27-11-9-25(10-12-27)21-26-17-19-40(20-18-26)34(42)30-22-29(44-5)15-16-31(30)45-6/h7-16,22-23,26H,17-21H2,1-6H3,(H2,37,38,43). The SMILES string of the molecule is COc1ccc(OC)c(C(=O)N2CCC(Cc3ccc(NC(=O)Nc4cc(C(C)(C)C)nn4-c4ccc(C)cc4)cc3)CC2)c1. The minimum Gasteiger partial charge on any atom is -0.497 e. The summed E-state index contributed by atoms with van der Waals surface area (Å²) in [6, 6.07) is 22.9. The first kappa shape index (κ1) is 31.6. The van der Waals surface area contributed by atoms with Gasteiger partial charge in [0, 0.05) is 30.3 Å². The van der Waals surface area contributed by atoms with Crippen LogP contribution in [-0.2, 0) is 11.8 Å². The van der Waals surface area contributed by atoms with E-state index in [4.69, 9.17) is 14.6 Å². The second kappa shape index (κ2) is 13.5. The number of amides is 3. The lowest BCUT2D eigenvalue weighted by Crippen LogP contribution is -2.39. The summed E-state index contributed by atoms with van der Waals surface area (Å²) in [6.45, 7) is 9.73. The largest absolute Gasteiger partial charge is 0.497 e. The van der Waals surface area contributed by atoms with Crippen LogP contribution in [0.1, 0.15) is 60.8 Å². The molecule has 1 saturated heterocycles. The Hall–Kier alpha value is -4.79. The predicted molar refractivity (Wildman–Crippen MR) is 178 cm³/mol. The number of carbonyl (C=O) groups is 2. The second-order valence-corrected chi connectivity index (χ2v) is 12.7. The molecule has 1 aromatic heterocycles. The van der Waals surface area contributed by atoms with Crippen LogP contribution in [0.3, 0.4) is 0 Å². The molecule has 9 nitrogen and oxygen atoms in total.